The van der Waals surface area contributed by atoms with Gasteiger partial charge in [-0.2, -0.15) is 0 Å². The zero-order valence-electron chi connectivity index (χ0n) is 17.9. The summed E-state index contributed by atoms with van der Waals surface area (Å²) in [6, 6.07) is 10.5. The number of carbonyl (C=O) groups excluding carboxylic acids is 2. The number of hydrogen-bond acceptors (Lipinski definition) is 7. The number of thiophene rings is 1. The van der Waals surface area contributed by atoms with Gasteiger partial charge in [-0.25, -0.2) is 9.79 Å². The molecule has 5 rings (SSSR count). The first-order chi connectivity index (χ1) is 16.0. The Morgan fingerprint density at radius 2 is 2.03 bits per heavy atom. The van der Waals surface area contributed by atoms with Crippen molar-refractivity contribution in [2.75, 3.05) is 18.6 Å². The van der Waals surface area contributed by atoms with Crippen LogP contribution in [0.25, 0.3) is 5.57 Å². The Labute approximate surface area is 196 Å². The number of carbonyl (C=O) groups is 2. The van der Waals surface area contributed by atoms with E-state index in [1.54, 1.807) is 17.9 Å². The molecule has 1 amide bonds. The predicted octanol–water partition coefficient (Wildman–Crippen LogP) is 2.37. The average Bonchev–Trinajstić information content (AvgIpc) is 3.51. The second-order valence-electron chi connectivity index (χ2n) is 7.51. The van der Waals surface area contributed by atoms with Crippen molar-refractivity contribution >= 4 is 45.8 Å². The normalized spacial score (nSPS) is 18.7. The molecule has 7 nitrogen and oxygen atoms in total. The van der Waals surface area contributed by atoms with Crippen molar-refractivity contribution in [3.8, 4) is 0 Å². The van der Waals surface area contributed by atoms with E-state index in [4.69, 9.17) is 4.74 Å². The number of thiazole rings is 1. The molecule has 0 aliphatic carbocycles. The van der Waals surface area contributed by atoms with E-state index in [9.17, 15) is 14.4 Å². The molecule has 4 heterocycles. The van der Waals surface area contributed by atoms with E-state index in [0.717, 1.165) is 21.9 Å². The van der Waals surface area contributed by atoms with E-state index in [0.29, 0.717) is 38.3 Å². The highest BCUT2D eigenvalue weighted by molar-refractivity contribution is 7.10. The lowest BCUT2D eigenvalue weighted by molar-refractivity contribution is -0.136. The molecule has 1 atom stereocenters. The summed E-state index contributed by atoms with van der Waals surface area (Å²) in [5.41, 5.74) is 2.24. The summed E-state index contributed by atoms with van der Waals surface area (Å²) in [4.78, 5) is 47.3. The number of rotatable bonds is 4. The molecule has 0 saturated carbocycles. The van der Waals surface area contributed by atoms with Crippen LogP contribution in [0.2, 0.25) is 0 Å². The maximum absolute atomic E-state index is 13.8. The molecular formula is C24H19N3O4S2. The van der Waals surface area contributed by atoms with Gasteiger partial charge in [-0.1, -0.05) is 41.7 Å². The van der Waals surface area contributed by atoms with Crippen molar-refractivity contribution in [3.63, 3.8) is 0 Å². The zero-order valence-corrected chi connectivity index (χ0v) is 19.5. The number of amides is 1. The quantitative estimate of drug-likeness (QED) is 0.427. The Balaban J connectivity index is 1.84. The summed E-state index contributed by atoms with van der Waals surface area (Å²) in [5.74, 6) is -0.787. The van der Waals surface area contributed by atoms with Gasteiger partial charge in [0.05, 0.1) is 29.6 Å². The third-order valence-electron chi connectivity index (χ3n) is 5.68. The Morgan fingerprint density at radius 3 is 2.73 bits per heavy atom. The first-order valence-electron chi connectivity index (χ1n) is 10.2. The molecule has 1 aromatic carbocycles. The first-order valence-corrected chi connectivity index (χ1v) is 11.9. The van der Waals surface area contributed by atoms with Crippen LogP contribution in [0.3, 0.4) is 0 Å². The molecule has 0 fully saturated rings. The van der Waals surface area contributed by atoms with Crippen LogP contribution in [0.4, 0.5) is 5.69 Å². The van der Waals surface area contributed by atoms with Crippen LogP contribution in [0.15, 0.2) is 75.5 Å². The molecular weight excluding hydrogens is 458 g/mol. The highest BCUT2D eigenvalue weighted by Gasteiger charge is 2.37. The van der Waals surface area contributed by atoms with Gasteiger partial charge in [0.25, 0.3) is 11.5 Å². The molecule has 33 heavy (non-hydrogen) atoms. The molecule has 9 heteroatoms. The highest BCUT2D eigenvalue weighted by atomic mass is 32.1. The number of hydrogen-bond donors (Lipinski definition) is 0. The van der Waals surface area contributed by atoms with Gasteiger partial charge in [0.15, 0.2) is 4.80 Å². The Kier molecular flexibility index (Phi) is 5.22. The SMILES string of the molecule is C=CCN1C(=O)C(=c2sc3n(c2=O)[C@H](c2cccs2)C(C(=O)OC)=C(C)N=3)c2ccccc21. The standard InChI is InChI=1S/C24H19N3O4S2/c1-4-11-26-15-9-6-5-8-14(15)18(21(26)28)20-22(29)27-19(16-10-7-12-32-16)17(23(30)31-3)13(2)25-24(27)33-20/h4-10,12,19H,1,11H2,2-3H3/t19-/m1/s1. The van der Waals surface area contributed by atoms with Gasteiger partial charge in [-0.3, -0.25) is 14.2 Å². The Bertz CT molecular complexity index is 1530. The maximum atomic E-state index is 13.8. The third-order valence-corrected chi connectivity index (χ3v) is 7.66. The predicted molar refractivity (Wildman–Crippen MR) is 128 cm³/mol. The van der Waals surface area contributed by atoms with Crippen molar-refractivity contribution < 1.29 is 14.3 Å². The van der Waals surface area contributed by atoms with Gasteiger partial charge in [-0.05, 0) is 24.4 Å². The lowest BCUT2D eigenvalue weighted by Crippen LogP contribution is -2.40. The molecule has 2 aliphatic rings. The fourth-order valence-electron chi connectivity index (χ4n) is 4.27. The number of esters is 1. The minimum atomic E-state index is -0.668. The number of aromatic nitrogens is 1. The molecule has 3 aromatic rings. The average molecular weight is 478 g/mol. The van der Waals surface area contributed by atoms with E-state index in [1.165, 1.54) is 23.0 Å². The summed E-state index contributed by atoms with van der Waals surface area (Å²) < 4.78 is 6.82. The van der Waals surface area contributed by atoms with Crippen molar-refractivity contribution in [1.29, 1.82) is 0 Å². The van der Waals surface area contributed by atoms with E-state index in [1.807, 2.05) is 41.8 Å². The third kappa shape index (κ3) is 3.15. The summed E-state index contributed by atoms with van der Waals surface area (Å²) in [5, 5.41) is 1.89. The number of fused-ring (bicyclic) bond motifs is 2. The number of para-hydroxylation sites is 1. The largest absolute Gasteiger partial charge is 0.466 e. The smallest absolute Gasteiger partial charge is 0.338 e. The topological polar surface area (TPSA) is 81.0 Å². The number of allylic oxidation sites excluding steroid dienone is 1. The van der Waals surface area contributed by atoms with E-state index >= 15 is 0 Å². The van der Waals surface area contributed by atoms with Crippen molar-refractivity contribution in [3.05, 3.63) is 95.8 Å². The Morgan fingerprint density at radius 1 is 1.24 bits per heavy atom. The molecule has 2 aliphatic heterocycles. The Hall–Kier alpha value is -3.56. The number of nitrogens with zero attached hydrogens (tertiary/aromatic N) is 3. The summed E-state index contributed by atoms with van der Waals surface area (Å²) >= 11 is 2.61. The first kappa shape index (κ1) is 21.3. The fraction of sp³-hybridized carbons (Fsp3) is 0.167. The molecule has 0 spiro atoms. The second kappa shape index (κ2) is 8.09. The van der Waals surface area contributed by atoms with E-state index in [-0.39, 0.29) is 11.5 Å². The molecule has 0 saturated heterocycles. The van der Waals surface area contributed by atoms with Crippen LogP contribution in [-0.4, -0.2) is 30.1 Å². The van der Waals surface area contributed by atoms with Crippen molar-refractivity contribution in [2.24, 2.45) is 4.99 Å². The van der Waals surface area contributed by atoms with Crippen LogP contribution in [0.1, 0.15) is 23.4 Å². The molecule has 166 valence electrons. The van der Waals surface area contributed by atoms with Gasteiger partial charge in [0.1, 0.15) is 10.6 Å². The fourth-order valence-corrected chi connectivity index (χ4v) is 6.23. The molecule has 0 bridgehead atoms. The molecule has 0 unspecified atom stereocenters. The van der Waals surface area contributed by atoms with Crippen LogP contribution in [0, 0.1) is 0 Å². The monoisotopic (exact) mass is 477 g/mol. The number of anilines is 1. The minimum absolute atomic E-state index is 0.252. The van der Waals surface area contributed by atoms with Crippen molar-refractivity contribution in [2.45, 2.75) is 13.0 Å². The highest BCUT2D eigenvalue weighted by Crippen LogP contribution is 2.36. The van der Waals surface area contributed by atoms with E-state index < -0.39 is 12.0 Å². The molecule has 0 N–H and O–H groups in total. The minimum Gasteiger partial charge on any atom is -0.466 e. The lowest BCUT2D eigenvalue weighted by Gasteiger charge is -2.22. The summed E-state index contributed by atoms with van der Waals surface area (Å²) in [6.45, 7) is 5.82. The van der Waals surface area contributed by atoms with Gasteiger partial charge >= 0.3 is 5.97 Å². The number of ether oxygens (including phenoxy) is 1. The van der Waals surface area contributed by atoms with E-state index in [2.05, 4.69) is 11.6 Å². The van der Waals surface area contributed by atoms with Crippen LogP contribution < -0.4 is 19.8 Å². The number of methoxy groups -OCH3 is 1. The van der Waals surface area contributed by atoms with Crippen LogP contribution in [0.5, 0.6) is 0 Å². The maximum Gasteiger partial charge on any atom is 0.338 e. The molecule has 2 aromatic heterocycles. The lowest BCUT2D eigenvalue weighted by atomic mass is 10.0. The van der Waals surface area contributed by atoms with Gasteiger partial charge < -0.3 is 9.64 Å². The second-order valence-corrected chi connectivity index (χ2v) is 9.46. The summed E-state index contributed by atoms with van der Waals surface area (Å²) in [6.07, 6.45) is 1.65. The number of benzene rings is 1. The zero-order chi connectivity index (χ0) is 23.3. The van der Waals surface area contributed by atoms with Crippen LogP contribution in [-0.2, 0) is 14.3 Å². The summed E-state index contributed by atoms with van der Waals surface area (Å²) in [7, 11) is 1.31. The van der Waals surface area contributed by atoms with Gasteiger partial charge in [0, 0.05) is 17.0 Å². The van der Waals surface area contributed by atoms with Crippen LogP contribution >= 0.6 is 22.7 Å². The van der Waals surface area contributed by atoms with Gasteiger partial charge in [0.2, 0.25) is 0 Å². The van der Waals surface area contributed by atoms with Crippen molar-refractivity contribution in [1.82, 2.24) is 4.57 Å². The molecule has 0 radical (unpaired) electrons. The van der Waals surface area contributed by atoms with Gasteiger partial charge in [-0.15, -0.1) is 17.9 Å².